The van der Waals surface area contributed by atoms with Crippen LogP contribution in [0.15, 0.2) is 47.5 Å². The van der Waals surface area contributed by atoms with Crippen LogP contribution in [0, 0.1) is 0 Å². The molecule has 0 aliphatic heterocycles. The van der Waals surface area contributed by atoms with Gasteiger partial charge in [0.2, 0.25) is 0 Å². The van der Waals surface area contributed by atoms with Crippen LogP contribution >= 0.6 is 22.9 Å². The summed E-state index contributed by atoms with van der Waals surface area (Å²) in [6.07, 6.45) is 0. The van der Waals surface area contributed by atoms with Crippen molar-refractivity contribution < 1.29 is 4.79 Å². The number of para-hydroxylation sites is 1. The molecule has 0 saturated heterocycles. The lowest BCUT2D eigenvalue weighted by molar-refractivity contribution is 0.0998. The number of nitrogens with zero attached hydrogens (tertiary/aromatic N) is 3. The van der Waals surface area contributed by atoms with Crippen molar-refractivity contribution in [2.45, 2.75) is 0 Å². The van der Waals surface area contributed by atoms with Crippen LogP contribution in [0.4, 0.5) is 5.69 Å². The van der Waals surface area contributed by atoms with E-state index in [-0.39, 0.29) is 5.91 Å². The molecule has 1 aromatic heterocycles. The van der Waals surface area contributed by atoms with Gasteiger partial charge in [0.25, 0.3) is 5.91 Å². The number of hydrogen-bond acceptors (Lipinski definition) is 3. The van der Waals surface area contributed by atoms with Crippen LogP contribution in [0.25, 0.3) is 10.2 Å². The Kier molecular flexibility index (Phi) is 4.24. The molecule has 0 fully saturated rings. The quantitative estimate of drug-likeness (QED) is 0.710. The molecule has 0 N–H and O–H groups in total. The highest BCUT2D eigenvalue weighted by atomic mass is 35.5. The predicted molar refractivity (Wildman–Crippen MR) is 96.5 cm³/mol. The third kappa shape index (κ3) is 3.02. The van der Waals surface area contributed by atoms with Gasteiger partial charge < -0.3 is 9.47 Å². The fourth-order valence-corrected chi connectivity index (χ4v) is 3.72. The minimum Gasteiger partial charge on any atom is -0.378 e. The van der Waals surface area contributed by atoms with Crippen molar-refractivity contribution in [3.8, 4) is 0 Å². The number of anilines is 1. The Hall–Kier alpha value is -2.11. The van der Waals surface area contributed by atoms with E-state index in [4.69, 9.17) is 11.6 Å². The van der Waals surface area contributed by atoms with Gasteiger partial charge in [-0.15, -0.1) is 0 Å². The molecule has 6 heteroatoms. The number of fused-ring (bicyclic) bond motifs is 1. The van der Waals surface area contributed by atoms with Crippen LogP contribution in [0.1, 0.15) is 10.4 Å². The van der Waals surface area contributed by atoms with E-state index >= 15 is 0 Å². The molecule has 0 saturated carbocycles. The summed E-state index contributed by atoms with van der Waals surface area (Å²) in [5, 5.41) is 0.658. The summed E-state index contributed by atoms with van der Waals surface area (Å²) < 4.78 is 2.86. The third-order valence-electron chi connectivity index (χ3n) is 3.60. The number of aromatic nitrogens is 1. The first kappa shape index (κ1) is 15.8. The van der Waals surface area contributed by atoms with Gasteiger partial charge >= 0.3 is 0 Å². The van der Waals surface area contributed by atoms with Gasteiger partial charge in [-0.3, -0.25) is 4.79 Å². The lowest BCUT2D eigenvalue weighted by Gasteiger charge is -2.11. The maximum Gasteiger partial charge on any atom is 0.279 e. The standard InChI is InChI=1S/C17H16ClN3OS/c1-20(2)12-9-7-11(8-10-12)16(22)19-17-21(3)15-13(18)5-4-6-14(15)23-17/h4-10H,1-3H3. The topological polar surface area (TPSA) is 37.6 Å². The van der Waals surface area contributed by atoms with E-state index in [2.05, 4.69) is 4.99 Å². The van der Waals surface area contributed by atoms with Gasteiger partial charge in [-0.05, 0) is 36.4 Å². The highest BCUT2D eigenvalue weighted by molar-refractivity contribution is 7.16. The average molecular weight is 346 g/mol. The van der Waals surface area contributed by atoms with E-state index in [1.165, 1.54) is 11.3 Å². The largest absolute Gasteiger partial charge is 0.378 e. The van der Waals surface area contributed by atoms with E-state index in [1.807, 2.05) is 60.9 Å². The molecule has 0 atom stereocenters. The fourth-order valence-electron chi connectivity index (χ4n) is 2.32. The number of thiazole rings is 1. The Labute approximate surface area is 143 Å². The molecule has 0 radical (unpaired) electrons. The van der Waals surface area contributed by atoms with E-state index in [0.717, 1.165) is 15.9 Å². The van der Waals surface area contributed by atoms with E-state index < -0.39 is 0 Å². The van der Waals surface area contributed by atoms with Gasteiger partial charge in [-0.25, -0.2) is 0 Å². The molecule has 4 nitrogen and oxygen atoms in total. The highest BCUT2D eigenvalue weighted by Crippen LogP contribution is 2.24. The second-order valence-electron chi connectivity index (χ2n) is 5.39. The summed E-state index contributed by atoms with van der Waals surface area (Å²) in [5.74, 6) is -0.256. The first-order chi connectivity index (χ1) is 11.0. The molecule has 118 valence electrons. The molecule has 3 aromatic rings. The molecule has 0 bridgehead atoms. The minimum atomic E-state index is -0.256. The van der Waals surface area contributed by atoms with Gasteiger partial charge in [0.1, 0.15) is 0 Å². The zero-order valence-electron chi connectivity index (χ0n) is 13.1. The average Bonchev–Trinajstić information content (AvgIpc) is 2.85. The summed E-state index contributed by atoms with van der Waals surface area (Å²) in [6.45, 7) is 0. The number of rotatable bonds is 2. The normalized spacial score (nSPS) is 11.9. The number of benzene rings is 2. The molecule has 2 aromatic carbocycles. The van der Waals surface area contributed by atoms with Gasteiger partial charge in [0, 0.05) is 32.4 Å². The molecule has 0 aliphatic carbocycles. The number of carbonyl (C=O) groups is 1. The number of carbonyl (C=O) groups excluding carboxylic acids is 1. The number of hydrogen-bond donors (Lipinski definition) is 0. The maximum absolute atomic E-state index is 12.4. The van der Waals surface area contributed by atoms with Crippen molar-refractivity contribution in [2.75, 3.05) is 19.0 Å². The lowest BCUT2D eigenvalue weighted by atomic mass is 10.2. The molecule has 3 rings (SSSR count). The molecule has 0 unspecified atom stereocenters. The Morgan fingerprint density at radius 2 is 1.87 bits per heavy atom. The van der Waals surface area contributed by atoms with Crippen LogP contribution in [-0.2, 0) is 7.05 Å². The molecule has 1 amide bonds. The van der Waals surface area contributed by atoms with Crippen LogP contribution in [0.5, 0.6) is 0 Å². The predicted octanol–water partition coefficient (Wildman–Crippen LogP) is 3.70. The van der Waals surface area contributed by atoms with Crippen LogP contribution in [0.2, 0.25) is 5.02 Å². The van der Waals surface area contributed by atoms with Crippen LogP contribution in [-0.4, -0.2) is 24.6 Å². The third-order valence-corrected chi connectivity index (χ3v) is 5.00. The van der Waals surface area contributed by atoms with Gasteiger partial charge in [0.15, 0.2) is 4.80 Å². The zero-order chi connectivity index (χ0) is 16.6. The van der Waals surface area contributed by atoms with Crippen LogP contribution in [0.3, 0.4) is 0 Å². The molecule has 0 aliphatic rings. The van der Waals surface area contributed by atoms with Crippen molar-refractivity contribution >= 4 is 44.7 Å². The first-order valence-electron chi connectivity index (χ1n) is 7.08. The second-order valence-corrected chi connectivity index (χ2v) is 6.80. The fraction of sp³-hybridized carbons (Fsp3) is 0.176. The maximum atomic E-state index is 12.4. The number of aryl methyl sites for hydroxylation is 1. The monoisotopic (exact) mass is 345 g/mol. The Morgan fingerprint density at radius 1 is 1.17 bits per heavy atom. The van der Waals surface area contributed by atoms with E-state index in [0.29, 0.717) is 15.4 Å². The van der Waals surface area contributed by atoms with Gasteiger partial charge in [0.05, 0.1) is 15.2 Å². The van der Waals surface area contributed by atoms with Crippen molar-refractivity contribution in [1.29, 1.82) is 0 Å². The highest BCUT2D eigenvalue weighted by Gasteiger charge is 2.09. The van der Waals surface area contributed by atoms with E-state index in [9.17, 15) is 4.79 Å². The summed E-state index contributed by atoms with van der Waals surface area (Å²) in [5.41, 5.74) is 2.51. The van der Waals surface area contributed by atoms with Gasteiger partial charge in [-0.2, -0.15) is 4.99 Å². The van der Waals surface area contributed by atoms with Crippen molar-refractivity contribution in [2.24, 2.45) is 12.0 Å². The Bertz CT molecular complexity index is 939. The smallest absolute Gasteiger partial charge is 0.279 e. The molecular weight excluding hydrogens is 330 g/mol. The SMILES string of the molecule is CN(C)c1ccc(C(=O)N=c2sc3cccc(Cl)c3n2C)cc1. The van der Waals surface area contributed by atoms with Crippen LogP contribution < -0.4 is 9.70 Å². The Morgan fingerprint density at radius 3 is 2.48 bits per heavy atom. The summed E-state index contributed by atoms with van der Waals surface area (Å²) in [6, 6.07) is 13.1. The summed E-state index contributed by atoms with van der Waals surface area (Å²) >= 11 is 7.68. The molecule has 0 spiro atoms. The second kappa shape index (κ2) is 6.18. The van der Waals surface area contributed by atoms with E-state index in [1.54, 1.807) is 12.1 Å². The molecule has 23 heavy (non-hydrogen) atoms. The van der Waals surface area contributed by atoms with Crippen molar-refractivity contribution in [3.63, 3.8) is 0 Å². The number of amides is 1. The molecule has 1 heterocycles. The minimum absolute atomic E-state index is 0.256. The zero-order valence-corrected chi connectivity index (χ0v) is 14.6. The number of halogens is 1. The summed E-state index contributed by atoms with van der Waals surface area (Å²) in [4.78, 5) is 19.3. The van der Waals surface area contributed by atoms with Gasteiger partial charge in [-0.1, -0.05) is 29.0 Å². The first-order valence-corrected chi connectivity index (χ1v) is 8.27. The molecular formula is C17H16ClN3OS. The summed E-state index contributed by atoms with van der Waals surface area (Å²) in [7, 11) is 5.79. The van der Waals surface area contributed by atoms with Crippen molar-refractivity contribution in [3.05, 3.63) is 57.9 Å². The Balaban J connectivity index is 2.02. The van der Waals surface area contributed by atoms with Crippen molar-refractivity contribution in [1.82, 2.24) is 4.57 Å². The lowest BCUT2D eigenvalue weighted by Crippen LogP contribution is -2.13.